The minimum atomic E-state index is 0. The number of rotatable bonds is 1. The predicted octanol–water partition coefficient (Wildman–Crippen LogP) is -1.54. The van der Waals surface area contributed by atoms with Crippen LogP contribution in [0.5, 0.6) is 0 Å². The Bertz CT molecular complexity index is 273. The van der Waals surface area contributed by atoms with E-state index in [4.69, 9.17) is 5.84 Å². The number of aryl methyl sites for hydroxylation is 2. The molecular weight excluding hydrogens is 172 g/mol. The molecule has 0 amide bonds. The first-order valence-electron chi connectivity index (χ1n) is 3.98. The molecular formula is C9H12ClN2-. The summed E-state index contributed by atoms with van der Waals surface area (Å²) in [7, 11) is 0. The van der Waals surface area contributed by atoms with E-state index >= 15 is 0 Å². The van der Waals surface area contributed by atoms with Crippen molar-refractivity contribution in [2.24, 2.45) is 5.84 Å². The maximum atomic E-state index is 5.29. The second-order valence-electron chi connectivity index (χ2n) is 2.98. The number of nitrogens with two attached hydrogens (primary N) is 1. The Morgan fingerprint density at radius 1 is 1.17 bits per heavy atom. The molecule has 0 spiro atoms. The molecule has 12 heavy (non-hydrogen) atoms. The van der Waals surface area contributed by atoms with Crippen molar-refractivity contribution in [3.8, 4) is 0 Å². The second-order valence-corrected chi connectivity index (χ2v) is 2.98. The van der Waals surface area contributed by atoms with Crippen LogP contribution in [0.3, 0.4) is 0 Å². The zero-order valence-electron chi connectivity index (χ0n) is 6.81. The van der Waals surface area contributed by atoms with Gasteiger partial charge in [-0.05, 0) is 42.5 Å². The highest BCUT2D eigenvalue weighted by molar-refractivity contribution is 5.49. The summed E-state index contributed by atoms with van der Waals surface area (Å²) >= 11 is 0. The normalized spacial score (nSPS) is 13.4. The van der Waals surface area contributed by atoms with Gasteiger partial charge in [-0.3, -0.25) is 5.84 Å². The third kappa shape index (κ3) is 1.54. The Morgan fingerprint density at radius 2 is 1.92 bits per heavy atom. The van der Waals surface area contributed by atoms with Crippen LogP contribution in [0.15, 0.2) is 18.2 Å². The van der Waals surface area contributed by atoms with Crippen molar-refractivity contribution in [3.05, 3.63) is 29.3 Å². The molecule has 0 radical (unpaired) electrons. The summed E-state index contributed by atoms with van der Waals surface area (Å²) in [5, 5.41) is 0. The van der Waals surface area contributed by atoms with Crippen LogP contribution in [-0.4, -0.2) is 0 Å². The quantitative estimate of drug-likeness (QED) is 0.410. The fourth-order valence-electron chi connectivity index (χ4n) is 1.66. The van der Waals surface area contributed by atoms with Gasteiger partial charge in [-0.15, -0.1) is 0 Å². The number of halogens is 1. The molecule has 1 aromatic rings. The van der Waals surface area contributed by atoms with Crippen molar-refractivity contribution in [1.82, 2.24) is 0 Å². The van der Waals surface area contributed by atoms with Crippen molar-refractivity contribution in [2.45, 2.75) is 19.3 Å². The Balaban J connectivity index is 0.000000720. The Kier molecular flexibility index (Phi) is 2.95. The molecule has 3 heteroatoms. The summed E-state index contributed by atoms with van der Waals surface area (Å²) in [4.78, 5) is 0. The average Bonchev–Trinajstić information content (AvgIpc) is 2.50. The minimum Gasteiger partial charge on any atom is -1.00 e. The summed E-state index contributed by atoms with van der Waals surface area (Å²) in [6, 6.07) is 6.34. The van der Waals surface area contributed by atoms with E-state index in [9.17, 15) is 0 Å². The number of hydrogen-bond donors (Lipinski definition) is 2. The van der Waals surface area contributed by atoms with E-state index in [1.165, 1.54) is 30.4 Å². The standard InChI is InChI=1S/C9H12N2.ClH/c10-11-9-5-4-7-2-1-3-8(7)6-9;/h4-6,11H,1-3,10H2;1H/p-1. The predicted molar refractivity (Wildman–Crippen MR) is 46.3 cm³/mol. The van der Waals surface area contributed by atoms with Crippen LogP contribution in [0.1, 0.15) is 17.5 Å². The summed E-state index contributed by atoms with van der Waals surface area (Å²) in [6.07, 6.45) is 3.74. The maximum absolute atomic E-state index is 5.29. The zero-order chi connectivity index (χ0) is 7.68. The summed E-state index contributed by atoms with van der Waals surface area (Å²) < 4.78 is 0. The van der Waals surface area contributed by atoms with Gasteiger partial charge >= 0.3 is 0 Å². The van der Waals surface area contributed by atoms with Gasteiger partial charge in [0, 0.05) is 5.69 Å². The molecule has 0 aromatic heterocycles. The van der Waals surface area contributed by atoms with Crippen LogP contribution >= 0.6 is 0 Å². The molecule has 0 bridgehead atoms. The number of nitrogen functional groups attached to an aromatic ring is 1. The summed E-state index contributed by atoms with van der Waals surface area (Å²) in [6.45, 7) is 0. The molecule has 0 heterocycles. The van der Waals surface area contributed by atoms with Gasteiger partial charge in [-0.25, -0.2) is 0 Å². The van der Waals surface area contributed by atoms with Gasteiger partial charge in [0.15, 0.2) is 0 Å². The van der Waals surface area contributed by atoms with Crippen LogP contribution in [0, 0.1) is 0 Å². The lowest BCUT2D eigenvalue weighted by Gasteiger charge is -2.02. The Hall–Kier alpha value is -0.730. The molecule has 2 rings (SSSR count). The Labute approximate surface area is 78.5 Å². The molecule has 1 aromatic carbocycles. The van der Waals surface area contributed by atoms with Crippen molar-refractivity contribution < 1.29 is 12.4 Å². The van der Waals surface area contributed by atoms with Crippen molar-refractivity contribution in [2.75, 3.05) is 5.43 Å². The monoisotopic (exact) mass is 183 g/mol. The van der Waals surface area contributed by atoms with Gasteiger partial charge in [0.25, 0.3) is 0 Å². The van der Waals surface area contributed by atoms with E-state index in [-0.39, 0.29) is 12.4 Å². The van der Waals surface area contributed by atoms with E-state index in [0.717, 1.165) is 5.69 Å². The lowest BCUT2D eigenvalue weighted by atomic mass is 10.1. The summed E-state index contributed by atoms with van der Waals surface area (Å²) in [5.41, 5.74) is 6.62. The van der Waals surface area contributed by atoms with E-state index in [1.54, 1.807) is 0 Å². The third-order valence-corrected chi connectivity index (χ3v) is 2.27. The molecule has 1 aliphatic rings. The second kappa shape index (κ2) is 3.78. The Morgan fingerprint density at radius 3 is 2.67 bits per heavy atom. The van der Waals surface area contributed by atoms with Gasteiger partial charge < -0.3 is 17.8 Å². The molecule has 0 aliphatic heterocycles. The molecule has 66 valence electrons. The van der Waals surface area contributed by atoms with Gasteiger partial charge in [-0.2, -0.15) is 0 Å². The van der Waals surface area contributed by atoms with Crippen molar-refractivity contribution in [3.63, 3.8) is 0 Å². The van der Waals surface area contributed by atoms with E-state index < -0.39 is 0 Å². The van der Waals surface area contributed by atoms with Crippen LogP contribution in [0.25, 0.3) is 0 Å². The first-order valence-corrected chi connectivity index (χ1v) is 3.98. The van der Waals surface area contributed by atoms with Crippen molar-refractivity contribution in [1.29, 1.82) is 0 Å². The van der Waals surface area contributed by atoms with E-state index in [1.807, 2.05) is 6.07 Å². The fourth-order valence-corrected chi connectivity index (χ4v) is 1.66. The largest absolute Gasteiger partial charge is 1.00 e. The smallest absolute Gasteiger partial charge is 0.0488 e. The molecule has 1 aliphatic carbocycles. The van der Waals surface area contributed by atoms with Crippen LogP contribution < -0.4 is 23.7 Å². The van der Waals surface area contributed by atoms with Gasteiger partial charge in [0.05, 0.1) is 0 Å². The SMILES string of the molecule is NNc1ccc2c(c1)CCC2.[Cl-]. The highest BCUT2D eigenvalue weighted by Crippen LogP contribution is 2.24. The highest BCUT2D eigenvalue weighted by Gasteiger charge is 2.09. The van der Waals surface area contributed by atoms with Gasteiger partial charge in [0.2, 0.25) is 0 Å². The number of anilines is 1. The molecule has 0 unspecified atom stereocenters. The molecule has 0 atom stereocenters. The summed E-state index contributed by atoms with van der Waals surface area (Å²) in [5.74, 6) is 5.29. The van der Waals surface area contributed by atoms with Gasteiger partial charge in [0.1, 0.15) is 0 Å². The molecule has 0 saturated heterocycles. The number of fused-ring (bicyclic) bond motifs is 1. The zero-order valence-corrected chi connectivity index (χ0v) is 7.56. The highest BCUT2D eigenvalue weighted by atomic mass is 35.5. The molecule has 2 nitrogen and oxygen atoms in total. The number of hydrogen-bond acceptors (Lipinski definition) is 2. The maximum Gasteiger partial charge on any atom is 0.0488 e. The van der Waals surface area contributed by atoms with Crippen LogP contribution in [0.4, 0.5) is 5.69 Å². The number of benzene rings is 1. The van der Waals surface area contributed by atoms with E-state index in [2.05, 4.69) is 17.6 Å². The third-order valence-electron chi connectivity index (χ3n) is 2.27. The molecule has 0 saturated carbocycles. The lowest BCUT2D eigenvalue weighted by Crippen LogP contribution is -3.00. The van der Waals surface area contributed by atoms with Gasteiger partial charge in [-0.1, -0.05) is 6.07 Å². The average molecular weight is 184 g/mol. The topological polar surface area (TPSA) is 38.0 Å². The molecule has 0 fully saturated rings. The lowest BCUT2D eigenvalue weighted by molar-refractivity contribution is -0.00000231. The van der Waals surface area contributed by atoms with Crippen LogP contribution in [0.2, 0.25) is 0 Å². The van der Waals surface area contributed by atoms with Crippen LogP contribution in [-0.2, 0) is 12.8 Å². The van der Waals surface area contributed by atoms with Crippen molar-refractivity contribution >= 4 is 5.69 Å². The van der Waals surface area contributed by atoms with E-state index in [0.29, 0.717) is 0 Å². The minimum absolute atomic E-state index is 0. The number of nitrogens with one attached hydrogen (secondary N) is 1. The first-order chi connectivity index (χ1) is 5.40. The first kappa shape index (κ1) is 9.36. The molecule has 3 N–H and O–H groups in total. The number of hydrazine groups is 1. The fraction of sp³-hybridized carbons (Fsp3) is 0.333.